The van der Waals surface area contributed by atoms with E-state index in [0.29, 0.717) is 31.4 Å². The highest BCUT2D eigenvalue weighted by atomic mass is 16.5. The smallest absolute Gasteiger partial charge is 0.0929 e. The molecular weight excluding hydrogens is 504 g/mol. The highest BCUT2D eigenvalue weighted by molar-refractivity contribution is 5.68. The SMILES string of the molecule is C=C(C[C@]1(O)C(C)=CC(O)C2(C)C3C(O)C(O)C4([C@@H](C)O)COCC=CC4C3(C)CCC21)c1ccccc1CC. The molecular formula is C34H48O6. The first kappa shape index (κ1) is 29.7. The van der Waals surface area contributed by atoms with Gasteiger partial charge in [-0.2, -0.15) is 0 Å². The number of allylic oxidation sites excluding steroid dienone is 1. The zero-order valence-corrected chi connectivity index (χ0v) is 24.7. The Morgan fingerprint density at radius 3 is 2.55 bits per heavy atom. The first-order chi connectivity index (χ1) is 18.8. The summed E-state index contributed by atoms with van der Waals surface area (Å²) in [7, 11) is 0. The highest BCUT2D eigenvalue weighted by Crippen LogP contribution is 2.70. The van der Waals surface area contributed by atoms with Crippen LogP contribution < -0.4 is 0 Å². The van der Waals surface area contributed by atoms with Gasteiger partial charge in [0.15, 0.2) is 0 Å². The molecule has 1 heterocycles. The van der Waals surface area contributed by atoms with E-state index in [0.717, 1.165) is 17.6 Å². The molecule has 5 rings (SSSR count). The largest absolute Gasteiger partial charge is 0.393 e. The van der Waals surface area contributed by atoms with E-state index in [9.17, 15) is 25.5 Å². The van der Waals surface area contributed by atoms with Gasteiger partial charge >= 0.3 is 0 Å². The van der Waals surface area contributed by atoms with Crippen LogP contribution in [0, 0.1) is 34.0 Å². The van der Waals surface area contributed by atoms with Gasteiger partial charge in [0.2, 0.25) is 0 Å². The average molecular weight is 553 g/mol. The fourth-order valence-corrected chi connectivity index (χ4v) is 9.79. The second kappa shape index (κ2) is 10.2. The van der Waals surface area contributed by atoms with Crippen molar-refractivity contribution < 1.29 is 30.3 Å². The van der Waals surface area contributed by atoms with Crippen molar-refractivity contribution in [1.29, 1.82) is 0 Å². The van der Waals surface area contributed by atoms with E-state index in [1.165, 1.54) is 5.56 Å². The normalized spacial score (nSPS) is 45.4. The minimum Gasteiger partial charge on any atom is -0.393 e. The molecule has 4 aliphatic rings. The van der Waals surface area contributed by atoms with Crippen molar-refractivity contribution in [1.82, 2.24) is 0 Å². The van der Waals surface area contributed by atoms with Gasteiger partial charge in [-0.15, -0.1) is 0 Å². The van der Waals surface area contributed by atoms with Gasteiger partial charge in [0, 0.05) is 23.7 Å². The van der Waals surface area contributed by atoms with Crippen LogP contribution in [0.3, 0.4) is 0 Å². The van der Waals surface area contributed by atoms with Crippen LogP contribution in [0.1, 0.15) is 65.0 Å². The molecule has 0 spiro atoms. The third-order valence-electron chi connectivity index (χ3n) is 11.8. The third kappa shape index (κ3) is 3.90. The monoisotopic (exact) mass is 552 g/mol. The van der Waals surface area contributed by atoms with E-state index in [4.69, 9.17) is 4.74 Å². The maximum absolute atomic E-state index is 12.6. The molecule has 6 nitrogen and oxygen atoms in total. The number of benzene rings is 1. The Labute approximate surface area is 239 Å². The van der Waals surface area contributed by atoms with Crippen LogP contribution in [0.25, 0.3) is 5.57 Å². The van der Waals surface area contributed by atoms with Crippen LogP contribution >= 0.6 is 0 Å². The first-order valence-electron chi connectivity index (χ1n) is 14.9. The van der Waals surface area contributed by atoms with Crippen LogP contribution in [0.15, 0.2) is 54.6 Å². The topological polar surface area (TPSA) is 110 Å². The Hall–Kier alpha value is -1.80. The molecule has 5 N–H and O–H groups in total. The summed E-state index contributed by atoms with van der Waals surface area (Å²) >= 11 is 0. The van der Waals surface area contributed by atoms with Crippen LogP contribution in [-0.4, -0.2) is 68.8 Å². The summed E-state index contributed by atoms with van der Waals surface area (Å²) < 4.78 is 5.85. The third-order valence-corrected chi connectivity index (χ3v) is 11.8. The molecule has 2 saturated carbocycles. The highest BCUT2D eigenvalue weighted by Gasteiger charge is 2.73. The molecule has 40 heavy (non-hydrogen) atoms. The molecule has 3 aliphatic carbocycles. The van der Waals surface area contributed by atoms with Crippen LogP contribution in [0.4, 0.5) is 0 Å². The average Bonchev–Trinajstić information content (AvgIpc) is 3.16. The number of hydrogen-bond donors (Lipinski definition) is 5. The van der Waals surface area contributed by atoms with Gasteiger partial charge in [-0.1, -0.05) is 69.8 Å². The van der Waals surface area contributed by atoms with Crippen molar-refractivity contribution in [3.63, 3.8) is 0 Å². The predicted octanol–water partition coefficient (Wildman–Crippen LogP) is 4.05. The summed E-state index contributed by atoms with van der Waals surface area (Å²) in [6, 6.07) is 8.15. The standard InChI is InChI=1S/C34H48O6/c1-7-23-11-8-9-12-24(23)20(2)18-34(39)21(3)17-27(36)32(6)26(34)14-15-31(5)25-13-10-16-40-19-33(25,22(4)35)30(38)28(37)29(31)32/h8-13,17,22,25-30,35-39H,2,7,14-16,18-19H2,1,3-6H3/t22-,25?,26?,27?,28?,29?,30?,31?,32?,33?,34+/m1/s1. The van der Waals surface area contributed by atoms with Crippen LogP contribution in [-0.2, 0) is 11.2 Å². The molecule has 1 aromatic rings. The molecule has 0 bridgehead atoms. The van der Waals surface area contributed by atoms with Gasteiger partial charge in [-0.3, -0.25) is 0 Å². The van der Waals surface area contributed by atoms with Crippen molar-refractivity contribution in [2.75, 3.05) is 13.2 Å². The molecule has 0 aromatic heterocycles. The Bertz CT molecular complexity index is 1200. The Kier molecular flexibility index (Phi) is 7.55. The molecule has 1 aromatic carbocycles. The van der Waals surface area contributed by atoms with Gasteiger partial charge in [0.05, 0.1) is 48.6 Å². The van der Waals surface area contributed by atoms with E-state index in [1.54, 1.807) is 13.0 Å². The lowest BCUT2D eigenvalue weighted by atomic mass is 9.36. The Balaban J connectivity index is 1.61. The summed E-state index contributed by atoms with van der Waals surface area (Å²) in [5.74, 6) is -1.21. The summed E-state index contributed by atoms with van der Waals surface area (Å²) in [5.41, 5.74) is -0.0991. The molecule has 11 atom stereocenters. The minimum atomic E-state index is -1.28. The Morgan fingerprint density at radius 1 is 1.18 bits per heavy atom. The summed E-state index contributed by atoms with van der Waals surface area (Å²) in [4.78, 5) is 0. The number of aliphatic hydroxyl groups excluding tert-OH is 4. The predicted molar refractivity (Wildman–Crippen MR) is 156 cm³/mol. The van der Waals surface area contributed by atoms with Crippen molar-refractivity contribution in [2.24, 2.45) is 34.0 Å². The van der Waals surface area contributed by atoms with Crippen molar-refractivity contribution in [3.05, 3.63) is 65.8 Å². The number of fused-ring (bicyclic) bond motifs is 5. The number of aryl methyl sites for hydroxylation is 1. The lowest BCUT2D eigenvalue weighted by molar-refractivity contribution is -0.296. The zero-order valence-electron chi connectivity index (χ0n) is 24.7. The number of hydrogen-bond acceptors (Lipinski definition) is 6. The zero-order chi connectivity index (χ0) is 29.3. The summed E-state index contributed by atoms with van der Waals surface area (Å²) in [6.07, 6.45) is 3.85. The van der Waals surface area contributed by atoms with Crippen molar-refractivity contribution >= 4 is 5.57 Å². The molecule has 2 fully saturated rings. The fourth-order valence-electron chi connectivity index (χ4n) is 9.79. The van der Waals surface area contributed by atoms with Crippen LogP contribution in [0.2, 0.25) is 0 Å². The van der Waals surface area contributed by atoms with E-state index in [2.05, 4.69) is 38.6 Å². The maximum atomic E-state index is 12.6. The van der Waals surface area contributed by atoms with Gasteiger partial charge in [0.25, 0.3) is 0 Å². The minimum absolute atomic E-state index is 0.130. The number of aliphatic hydroxyl groups is 5. The van der Waals surface area contributed by atoms with Crippen molar-refractivity contribution in [2.45, 2.75) is 90.3 Å². The number of rotatable bonds is 5. The summed E-state index contributed by atoms with van der Waals surface area (Å²) in [5, 5.41) is 59.3. The van der Waals surface area contributed by atoms with Crippen molar-refractivity contribution in [3.8, 4) is 0 Å². The quantitative estimate of drug-likeness (QED) is 0.353. The molecule has 0 saturated heterocycles. The van der Waals surface area contributed by atoms with Crippen LogP contribution in [0.5, 0.6) is 0 Å². The molecule has 0 amide bonds. The molecule has 220 valence electrons. The number of ether oxygens (including phenoxy) is 1. The molecule has 0 radical (unpaired) electrons. The van der Waals surface area contributed by atoms with Gasteiger partial charge < -0.3 is 30.3 Å². The van der Waals surface area contributed by atoms with Gasteiger partial charge in [0.1, 0.15) is 0 Å². The molecule has 6 heteroatoms. The Morgan fingerprint density at radius 2 is 1.88 bits per heavy atom. The lowest BCUT2D eigenvalue weighted by Gasteiger charge is -2.70. The first-order valence-corrected chi connectivity index (χ1v) is 14.9. The van der Waals surface area contributed by atoms with Gasteiger partial charge in [-0.05, 0) is 66.7 Å². The van der Waals surface area contributed by atoms with E-state index < -0.39 is 52.2 Å². The second-order valence-corrected chi connectivity index (χ2v) is 13.6. The molecule has 1 aliphatic heterocycles. The van der Waals surface area contributed by atoms with E-state index in [1.807, 2.05) is 32.1 Å². The second-order valence-electron chi connectivity index (χ2n) is 13.6. The lowest BCUT2D eigenvalue weighted by Crippen LogP contribution is -2.75. The fraction of sp³-hybridized carbons (Fsp3) is 0.647. The van der Waals surface area contributed by atoms with E-state index in [-0.39, 0.29) is 18.4 Å². The summed E-state index contributed by atoms with van der Waals surface area (Å²) in [6.45, 7) is 14.7. The maximum Gasteiger partial charge on any atom is 0.0929 e. The molecule has 9 unspecified atom stereocenters. The van der Waals surface area contributed by atoms with E-state index >= 15 is 0 Å². The van der Waals surface area contributed by atoms with Gasteiger partial charge in [-0.25, -0.2) is 0 Å².